The smallest absolute Gasteiger partial charge is 0.260 e. The van der Waals surface area contributed by atoms with E-state index in [9.17, 15) is 9.90 Å². The lowest BCUT2D eigenvalue weighted by Crippen LogP contribution is -2.49. The highest BCUT2D eigenvalue weighted by molar-refractivity contribution is 5.41. The van der Waals surface area contributed by atoms with Crippen molar-refractivity contribution >= 4 is 5.82 Å². The summed E-state index contributed by atoms with van der Waals surface area (Å²) in [5.74, 6) is 1.61. The van der Waals surface area contributed by atoms with Crippen LogP contribution in [0, 0.1) is 6.92 Å². The topological polar surface area (TPSA) is 87.6 Å². The van der Waals surface area contributed by atoms with Gasteiger partial charge in [-0.25, -0.2) is 4.98 Å². The zero-order valence-corrected chi connectivity index (χ0v) is 19.0. The van der Waals surface area contributed by atoms with Crippen LogP contribution in [0.2, 0.25) is 0 Å². The molecular weight excluding hydrogens is 430 g/mol. The third-order valence-corrected chi connectivity index (χ3v) is 6.31. The Bertz CT molecular complexity index is 1280. The second-order valence-corrected chi connectivity index (χ2v) is 8.42. The third-order valence-electron chi connectivity index (χ3n) is 6.31. The first-order valence-corrected chi connectivity index (χ1v) is 11.4. The maximum absolute atomic E-state index is 13.8. The van der Waals surface area contributed by atoms with Gasteiger partial charge in [-0.3, -0.25) is 14.7 Å². The van der Waals surface area contributed by atoms with Crippen molar-refractivity contribution in [1.29, 1.82) is 0 Å². The number of aryl methyl sites for hydroxylation is 1. The molecule has 1 saturated heterocycles. The van der Waals surface area contributed by atoms with E-state index in [1.165, 1.54) is 0 Å². The Morgan fingerprint density at radius 1 is 1.00 bits per heavy atom. The molecule has 5 heterocycles. The Balaban J connectivity index is 1.52. The van der Waals surface area contributed by atoms with Crippen molar-refractivity contribution in [2.45, 2.75) is 19.5 Å². The van der Waals surface area contributed by atoms with Gasteiger partial charge in [0.25, 0.3) is 5.56 Å². The zero-order chi connectivity index (χ0) is 23.5. The molecule has 174 valence electrons. The summed E-state index contributed by atoms with van der Waals surface area (Å²) in [5, 5.41) is 11.0. The number of pyridine rings is 3. The van der Waals surface area contributed by atoms with Crippen LogP contribution >= 0.6 is 0 Å². The summed E-state index contributed by atoms with van der Waals surface area (Å²) >= 11 is 0. The van der Waals surface area contributed by atoms with Crippen LogP contribution in [0.1, 0.15) is 28.8 Å². The minimum atomic E-state index is -0.469. The number of anilines is 1. The molecule has 8 nitrogen and oxygen atoms in total. The van der Waals surface area contributed by atoms with Gasteiger partial charge in [0.1, 0.15) is 17.3 Å². The minimum absolute atomic E-state index is 0.0130. The standard InChI is InChI=1S/C26H27N5O3/c1-19-17-22(32)24(26(33)31(19)18-20-7-6-16-34-20)25(21-8-2-4-10-27-21)30-14-12-29(13-15-30)23-9-3-5-11-28-23/h2-11,16-17,25,32H,12-15,18H2,1H3/t25-/m0/s1. The van der Waals surface area contributed by atoms with E-state index in [0.29, 0.717) is 36.7 Å². The predicted octanol–water partition coefficient (Wildman–Crippen LogP) is 3.21. The Morgan fingerprint density at radius 3 is 2.41 bits per heavy atom. The zero-order valence-electron chi connectivity index (χ0n) is 19.0. The quantitative estimate of drug-likeness (QED) is 0.476. The van der Waals surface area contributed by atoms with Crippen LogP contribution < -0.4 is 10.5 Å². The van der Waals surface area contributed by atoms with Crippen molar-refractivity contribution in [2.75, 3.05) is 31.1 Å². The van der Waals surface area contributed by atoms with Gasteiger partial charge in [-0.1, -0.05) is 12.1 Å². The molecule has 0 spiro atoms. The lowest BCUT2D eigenvalue weighted by molar-refractivity contribution is 0.204. The average Bonchev–Trinajstić information content (AvgIpc) is 3.39. The van der Waals surface area contributed by atoms with Crippen molar-refractivity contribution in [3.63, 3.8) is 0 Å². The van der Waals surface area contributed by atoms with Crippen molar-refractivity contribution in [1.82, 2.24) is 19.4 Å². The Labute approximate surface area is 197 Å². The fourth-order valence-electron chi connectivity index (χ4n) is 4.59. The van der Waals surface area contributed by atoms with Crippen LogP contribution in [-0.4, -0.2) is 50.7 Å². The minimum Gasteiger partial charge on any atom is -0.507 e. The summed E-state index contributed by atoms with van der Waals surface area (Å²) in [6.45, 7) is 5.02. The molecule has 1 N–H and O–H groups in total. The van der Waals surface area contributed by atoms with E-state index in [2.05, 4.69) is 19.8 Å². The number of aromatic hydroxyl groups is 1. The van der Waals surface area contributed by atoms with Gasteiger partial charge in [-0.05, 0) is 49.4 Å². The van der Waals surface area contributed by atoms with Crippen molar-refractivity contribution in [3.05, 3.63) is 106 Å². The first-order chi connectivity index (χ1) is 16.6. The summed E-state index contributed by atoms with van der Waals surface area (Å²) < 4.78 is 7.12. The lowest BCUT2D eigenvalue weighted by Gasteiger charge is -2.39. The van der Waals surface area contributed by atoms with Gasteiger partial charge in [-0.15, -0.1) is 0 Å². The van der Waals surface area contributed by atoms with Crippen LogP contribution in [0.15, 0.2) is 82.5 Å². The van der Waals surface area contributed by atoms with E-state index in [0.717, 1.165) is 24.6 Å². The average molecular weight is 458 g/mol. The van der Waals surface area contributed by atoms with Gasteiger partial charge in [0, 0.05) is 44.3 Å². The molecule has 4 aromatic heterocycles. The Kier molecular flexibility index (Phi) is 6.14. The van der Waals surface area contributed by atoms with E-state index >= 15 is 0 Å². The number of rotatable bonds is 6. The highest BCUT2D eigenvalue weighted by atomic mass is 16.3. The van der Waals surface area contributed by atoms with Gasteiger partial charge >= 0.3 is 0 Å². The van der Waals surface area contributed by atoms with Gasteiger partial charge in [0.2, 0.25) is 0 Å². The van der Waals surface area contributed by atoms with Crippen molar-refractivity contribution in [3.8, 4) is 5.75 Å². The van der Waals surface area contributed by atoms with Crippen LogP contribution in [0.25, 0.3) is 0 Å². The van der Waals surface area contributed by atoms with Crippen LogP contribution in [0.4, 0.5) is 5.82 Å². The molecule has 1 aliphatic heterocycles. The van der Waals surface area contributed by atoms with E-state index < -0.39 is 6.04 Å². The summed E-state index contributed by atoms with van der Waals surface area (Å²) in [7, 11) is 0. The maximum Gasteiger partial charge on any atom is 0.260 e. The molecule has 34 heavy (non-hydrogen) atoms. The molecule has 0 saturated carbocycles. The maximum atomic E-state index is 13.8. The van der Waals surface area contributed by atoms with E-state index in [-0.39, 0.29) is 11.3 Å². The number of aromatic nitrogens is 3. The first kappa shape index (κ1) is 21.9. The summed E-state index contributed by atoms with van der Waals surface area (Å²) in [6.07, 6.45) is 5.11. The highest BCUT2D eigenvalue weighted by Crippen LogP contribution is 2.32. The van der Waals surface area contributed by atoms with Gasteiger partial charge in [0.05, 0.1) is 30.1 Å². The Morgan fingerprint density at radius 2 is 1.76 bits per heavy atom. The second kappa shape index (κ2) is 9.52. The monoisotopic (exact) mass is 457 g/mol. The Hall–Kier alpha value is -3.91. The molecule has 0 aliphatic carbocycles. The van der Waals surface area contributed by atoms with Crippen LogP contribution in [-0.2, 0) is 6.54 Å². The molecule has 8 heteroatoms. The van der Waals surface area contributed by atoms with Gasteiger partial charge in [-0.2, -0.15) is 0 Å². The first-order valence-electron chi connectivity index (χ1n) is 11.4. The normalized spacial score (nSPS) is 15.4. The van der Waals surface area contributed by atoms with Crippen molar-refractivity contribution in [2.24, 2.45) is 0 Å². The lowest BCUT2D eigenvalue weighted by atomic mass is 9.99. The van der Waals surface area contributed by atoms with E-state index in [1.807, 2.05) is 49.4 Å². The van der Waals surface area contributed by atoms with Gasteiger partial charge in [0.15, 0.2) is 0 Å². The van der Waals surface area contributed by atoms with E-state index in [4.69, 9.17) is 4.42 Å². The predicted molar refractivity (Wildman–Crippen MR) is 129 cm³/mol. The molecule has 1 aliphatic rings. The summed E-state index contributed by atoms with van der Waals surface area (Å²) in [6, 6.07) is 16.4. The summed E-state index contributed by atoms with van der Waals surface area (Å²) in [4.78, 5) is 27.3. The SMILES string of the molecule is Cc1cc(O)c([C@H](c2ccccn2)N2CCN(c3ccccn3)CC2)c(=O)n1Cc1ccco1. The molecule has 0 aromatic carbocycles. The molecule has 4 aromatic rings. The molecule has 1 atom stereocenters. The fourth-order valence-corrected chi connectivity index (χ4v) is 4.59. The number of piperazine rings is 1. The molecule has 0 amide bonds. The van der Waals surface area contributed by atoms with Gasteiger partial charge < -0.3 is 19.0 Å². The molecular formula is C26H27N5O3. The van der Waals surface area contributed by atoms with Crippen LogP contribution in [0.5, 0.6) is 5.75 Å². The molecule has 0 bridgehead atoms. The number of hydrogen-bond acceptors (Lipinski definition) is 7. The van der Waals surface area contributed by atoms with E-state index in [1.54, 1.807) is 35.4 Å². The molecule has 0 radical (unpaired) electrons. The molecule has 5 rings (SSSR count). The number of hydrogen-bond donors (Lipinski definition) is 1. The summed E-state index contributed by atoms with van der Waals surface area (Å²) in [5.41, 5.74) is 1.50. The highest BCUT2D eigenvalue weighted by Gasteiger charge is 2.32. The van der Waals surface area contributed by atoms with Crippen LogP contribution in [0.3, 0.4) is 0 Å². The fraction of sp³-hybridized carbons (Fsp3) is 0.269. The molecule has 1 fully saturated rings. The van der Waals surface area contributed by atoms with Crippen molar-refractivity contribution < 1.29 is 9.52 Å². The number of nitrogens with zero attached hydrogens (tertiary/aromatic N) is 5. The third kappa shape index (κ3) is 4.32. The largest absolute Gasteiger partial charge is 0.507 e. The number of furan rings is 1. The second-order valence-electron chi connectivity index (χ2n) is 8.42. The molecule has 0 unspecified atom stereocenters.